The van der Waals surface area contributed by atoms with E-state index in [1.54, 1.807) is 11.3 Å². The van der Waals surface area contributed by atoms with Crippen LogP contribution in [0.3, 0.4) is 0 Å². The lowest BCUT2D eigenvalue weighted by atomic mass is 9.89. The zero-order valence-corrected chi connectivity index (χ0v) is 17.6. The lowest BCUT2D eigenvalue weighted by molar-refractivity contribution is -0.121. The van der Waals surface area contributed by atoms with Gasteiger partial charge in [-0.05, 0) is 49.5 Å². The summed E-state index contributed by atoms with van der Waals surface area (Å²) < 4.78 is 0. The maximum atomic E-state index is 12.6. The number of carbonyl (C=O) groups excluding carboxylic acids is 1. The summed E-state index contributed by atoms with van der Waals surface area (Å²) in [6.07, 6.45) is 11.8. The van der Waals surface area contributed by atoms with Gasteiger partial charge in [0.1, 0.15) is 10.7 Å². The molecule has 1 atom stereocenters. The molecule has 6 heteroatoms. The van der Waals surface area contributed by atoms with Crippen molar-refractivity contribution in [2.75, 3.05) is 6.54 Å². The number of hydrogen-bond acceptors (Lipinski definition) is 4. The number of hydrogen-bond donors (Lipinski definition) is 2. The van der Waals surface area contributed by atoms with E-state index in [9.17, 15) is 9.59 Å². The van der Waals surface area contributed by atoms with Crippen LogP contribution < -0.4 is 10.9 Å². The molecule has 0 spiro atoms. The smallest absolute Gasteiger partial charge is 0.259 e. The van der Waals surface area contributed by atoms with Crippen LogP contribution in [0.15, 0.2) is 4.79 Å². The Labute approximate surface area is 170 Å². The van der Waals surface area contributed by atoms with Crippen molar-refractivity contribution in [1.82, 2.24) is 15.3 Å². The van der Waals surface area contributed by atoms with Gasteiger partial charge < -0.3 is 10.3 Å². The molecule has 2 aromatic heterocycles. The standard InChI is InChI=1S/C22H31N3O2S/c1-14-8-9-16-17(13-14)28-22-20(16)21(27)24-18(25-22)10-11-19(26)23-12-4-7-15-5-2-3-6-15/h14-15H,2-13H2,1H3,(H,23,26)(H,24,25,27). The third-order valence-corrected chi connectivity index (χ3v) is 7.54. The Morgan fingerprint density at radius 3 is 2.93 bits per heavy atom. The molecule has 1 fully saturated rings. The first-order chi connectivity index (χ1) is 13.6. The molecule has 0 radical (unpaired) electrons. The maximum absolute atomic E-state index is 12.6. The van der Waals surface area contributed by atoms with Crippen molar-refractivity contribution < 1.29 is 4.79 Å². The van der Waals surface area contributed by atoms with E-state index in [1.165, 1.54) is 42.5 Å². The molecule has 0 saturated heterocycles. The highest BCUT2D eigenvalue weighted by Gasteiger charge is 2.23. The molecule has 1 saturated carbocycles. The number of nitrogens with one attached hydrogen (secondary N) is 2. The first-order valence-electron chi connectivity index (χ1n) is 10.9. The number of H-pyrrole nitrogens is 1. The van der Waals surface area contributed by atoms with Crippen LogP contribution in [-0.2, 0) is 24.1 Å². The average molecular weight is 402 g/mol. The van der Waals surface area contributed by atoms with Gasteiger partial charge in [0.2, 0.25) is 5.91 Å². The van der Waals surface area contributed by atoms with Gasteiger partial charge in [0.15, 0.2) is 0 Å². The number of fused-ring (bicyclic) bond motifs is 3. The fourth-order valence-corrected chi connectivity index (χ4v) is 6.15. The molecule has 2 N–H and O–H groups in total. The van der Waals surface area contributed by atoms with Crippen LogP contribution in [0.4, 0.5) is 0 Å². The lowest BCUT2D eigenvalue weighted by Crippen LogP contribution is -2.25. The van der Waals surface area contributed by atoms with Crippen LogP contribution in [0.2, 0.25) is 0 Å². The van der Waals surface area contributed by atoms with Gasteiger partial charge in [0.05, 0.1) is 5.39 Å². The Balaban J connectivity index is 1.31. The minimum atomic E-state index is -0.0379. The summed E-state index contributed by atoms with van der Waals surface area (Å²) in [5.74, 6) is 2.23. The molecular weight excluding hydrogens is 370 g/mol. The number of amides is 1. The normalized spacial score (nSPS) is 19.8. The van der Waals surface area contributed by atoms with Crippen LogP contribution in [0.25, 0.3) is 10.2 Å². The van der Waals surface area contributed by atoms with E-state index in [4.69, 9.17) is 0 Å². The van der Waals surface area contributed by atoms with Crippen LogP contribution in [0.5, 0.6) is 0 Å². The predicted octanol–water partition coefficient (Wildman–Crippen LogP) is 4.13. The van der Waals surface area contributed by atoms with E-state index in [0.717, 1.165) is 48.4 Å². The monoisotopic (exact) mass is 401 g/mol. The number of carbonyl (C=O) groups is 1. The molecule has 152 valence electrons. The minimum absolute atomic E-state index is 0.0379. The molecule has 4 rings (SSSR count). The fourth-order valence-electron chi connectivity index (χ4n) is 4.75. The van der Waals surface area contributed by atoms with Crippen molar-refractivity contribution in [1.29, 1.82) is 0 Å². The number of nitrogens with zero attached hydrogens (tertiary/aromatic N) is 1. The lowest BCUT2D eigenvalue weighted by Gasteiger charge is -2.17. The highest BCUT2D eigenvalue weighted by Crippen LogP contribution is 2.35. The molecule has 0 aromatic carbocycles. The summed E-state index contributed by atoms with van der Waals surface area (Å²) in [5.41, 5.74) is 1.17. The average Bonchev–Trinajstić information content (AvgIpc) is 3.30. The predicted molar refractivity (Wildman–Crippen MR) is 114 cm³/mol. The second-order valence-electron chi connectivity index (χ2n) is 8.69. The third kappa shape index (κ3) is 4.48. The molecule has 0 aliphatic heterocycles. The van der Waals surface area contributed by atoms with Gasteiger partial charge in [-0.15, -0.1) is 11.3 Å². The molecule has 28 heavy (non-hydrogen) atoms. The SMILES string of the molecule is CC1CCc2c(sc3nc(CCC(=O)NCCCC4CCCC4)[nH]c(=O)c23)C1. The molecule has 1 unspecified atom stereocenters. The number of aryl methyl sites for hydroxylation is 2. The Hall–Kier alpha value is -1.69. The number of thiophene rings is 1. The van der Waals surface area contributed by atoms with Crippen molar-refractivity contribution in [2.45, 2.75) is 77.6 Å². The van der Waals surface area contributed by atoms with Crippen LogP contribution in [0, 0.1) is 11.8 Å². The van der Waals surface area contributed by atoms with E-state index >= 15 is 0 Å². The van der Waals surface area contributed by atoms with Gasteiger partial charge in [-0.2, -0.15) is 0 Å². The Morgan fingerprint density at radius 1 is 1.29 bits per heavy atom. The zero-order chi connectivity index (χ0) is 19.5. The van der Waals surface area contributed by atoms with Gasteiger partial charge in [-0.25, -0.2) is 4.98 Å². The van der Waals surface area contributed by atoms with Crippen molar-refractivity contribution in [3.63, 3.8) is 0 Å². The van der Waals surface area contributed by atoms with Crippen LogP contribution in [0.1, 0.15) is 74.6 Å². The Morgan fingerprint density at radius 2 is 2.11 bits per heavy atom. The topological polar surface area (TPSA) is 74.8 Å². The minimum Gasteiger partial charge on any atom is -0.356 e. The highest BCUT2D eigenvalue weighted by atomic mass is 32.1. The van der Waals surface area contributed by atoms with Gasteiger partial charge in [0, 0.05) is 24.3 Å². The van der Waals surface area contributed by atoms with Crippen molar-refractivity contribution in [2.24, 2.45) is 11.8 Å². The molecular formula is C22H31N3O2S. The fraction of sp³-hybridized carbons (Fsp3) is 0.682. The first kappa shape index (κ1) is 19.6. The van der Waals surface area contributed by atoms with Crippen molar-refractivity contribution >= 4 is 27.5 Å². The van der Waals surface area contributed by atoms with Crippen LogP contribution >= 0.6 is 11.3 Å². The highest BCUT2D eigenvalue weighted by molar-refractivity contribution is 7.18. The maximum Gasteiger partial charge on any atom is 0.259 e. The van der Waals surface area contributed by atoms with E-state index in [-0.39, 0.29) is 11.5 Å². The molecule has 2 aliphatic rings. The molecule has 2 aliphatic carbocycles. The third-order valence-electron chi connectivity index (χ3n) is 6.39. The first-order valence-corrected chi connectivity index (χ1v) is 11.7. The molecule has 2 aromatic rings. The molecule has 2 heterocycles. The van der Waals surface area contributed by atoms with Crippen LogP contribution in [-0.4, -0.2) is 22.4 Å². The van der Waals surface area contributed by atoms with Gasteiger partial charge in [0.25, 0.3) is 5.56 Å². The van der Waals surface area contributed by atoms with E-state index in [1.807, 2.05) is 0 Å². The van der Waals surface area contributed by atoms with E-state index < -0.39 is 0 Å². The summed E-state index contributed by atoms with van der Waals surface area (Å²) in [6.45, 7) is 3.02. The Kier molecular flexibility index (Phi) is 6.14. The number of rotatable bonds is 7. The molecule has 1 amide bonds. The summed E-state index contributed by atoms with van der Waals surface area (Å²) in [6, 6.07) is 0. The second-order valence-corrected chi connectivity index (χ2v) is 9.77. The summed E-state index contributed by atoms with van der Waals surface area (Å²) in [5, 5.41) is 3.80. The van der Waals surface area contributed by atoms with Crippen molar-refractivity contribution in [3.8, 4) is 0 Å². The molecule has 5 nitrogen and oxygen atoms in total. The van der Waals surface area contributed by atoms with E-state index in [0.29, 0.717) is 24.6 Å². The largest absolute Gasteiger partial charge is 0.356 e. The summed E-state index contributed by atoms with van der Waals surface area (Å²) >= 11 is 1.66. The van der Waals surface area contributed by atoms with Gasteiger partial charge >= 0.3 is 0 Å². The van der Waals surface area contributed by atoms with Gasteiger partial charge in [-0.1, -0.05) is 32.6 Å². The molecule has 0 bridgehead atoms. The van der Waals surface area contributed by atoms with Gasteiger partial charge in [-0.3, -0.25) is 9.59 Å². The Bertz CT molecular complexity index is 895. The van der Waals surface area contributed by atoms with E-state index in [2.05, 4.69) is 22.2 Å². The summed E-state index contributed by atoms with van der Waals surface area (Å²) in [7, 11) is 0. The summed E-state index contributed by atoms with van der Waals surface area (Å²) in [4.78, 5) is 34.5. The number of aromatic nitrogens is 2. The second kappa shape index (κ2) is 8.76. The quantitative estimate of drug-likeness (QED) is 0.685. The number of aromatic amines is 1. The zero-order valence-electron chi connectivity index (χ0n) is 16.8. The van der Waals surface area contributed by atoms with Crippen molar-refractivity contribution in [3.05, 3.63) is 26.6 Å².